The molecule has 0 bridgehead atoms. The lowest BCUT2D eigenvalue weighted by molar-refractivity contribution is -0.144. The Kier molecular flexibility index (Phi) is 4.84. The Morgan fingerprint density at radius 2 is 2.08 bits per heavy atom. The topological polar surface area (TPSA) is 118 Å². The van der Waals surface area contributed by atoms with E-state index in [-0.39, 0.29) is 30.6 Å². The van der Waals surface area contributed by atoms with Crippen LogP contribution in [0.15, 0.2) is 12.3 Å². The van der Waals surface area contributed by atoms with E-state index in [0.29, 0.717) is 12.8 Å². The fraction of sp³-hybridized carbons (Fsp3) is 0.556. The van der Waals surface area contributed by atoms with Gasteiger partial charge >= 0.3 is 5.97 Å². The molecule has 0 saturated carbocycles. The summed E-state index contributed by atoms with van der Waals surface area (Å²) < 4.78 is 1.85. The summed E-state index contributed by atoms with van der Waals surface area (Å²) in [5.74, 6) is -3.11. The maximum Gasteiger partial charge on any atom is 0.308 e. The van der Waals surface area contributed by atoms with Gasteiger partial charge in [-0.25, -0.2) is 0 Å². The first-order chi connectivity index (χ1) is 12.3. The first-order valence-electron chi connectivity index (χ1n) is 8.78. The average Bonchev–Trinajstić information content (AvgIpc) is 2.88. The number of aryl methyl sites for hydroxylation is 1. The van der Waals surface area contributed by atoms with E-state index in [0.717, 1.165) is 11.3 Å². The molecule has 2 aliphatic rings. The average molecular weight is 361 g/mol. The number of aromatic nitrogens is 1. The van der Waals surface area contributed by atoms with Crippen molar-refractivity contribution >= 4 is 23.6 Å². The van der Waals surface area contributed by atoms with Crippen LogP contribution in [0.2, 0.25) is 0 Å². The Morgan fingerprint density at radius 1 is 1.35 bits per heavy atom. The zero-order chi connectivity index (χ0) is 19.0. The smallest absolute Gasteiger partial charge is 0.308 e. The van der Waals surface area contributed by atoms with Gasteiger partial charge in [-0.3, -0.25) is 19.2 Å². The number of nitrogens with zero attached hydrogens (tertiary/aromatic N) is 1. The molecule has 2 unspecified atom stereocenters. The molecule has 8 heteroatoms. The van der Waals surface area contributed by atoms with E-state index < -0.39 is 29.9 Å². The molecular formula is C18H23N3O5. The molecular weight excluding hydrogens is 338 g/mol. The minimum absolute atomic E-state index is 0.0469. The number of amides is 2. The maximum atomic E-state index is 12.8. The van der Waals surface area contributed by atoms with Gasteiger partial charge in [0.1, 0.15) is 11.8 Å². The maximum absolute atomic E-state index is 12.8. The largest absolute Gasteiger partial charge is 0.481 e. The Balaban J connectivity index is 1.86. The van der Waals surface area contributed by atoms with Gasteiger partial charge in [0, 0.05) is 37.8 Å². The van der Waals surface area contributed by atoms with Crippen LogP contribution in [0.1, 0.15) is 43.9 Å². The van der Waals surface area contributed by atoms with Crippen molar-refractivity contribution in [2.75, 3.05) is 0 Å². The van der Waals surface area contributed by atoms with Crippen LogP contribution < -0.4 is 10.6 Å². The summed E-state index contributed by atoms with van der Waals surface area (Å²) >= 11 is 0. The Bertz CT molecular complexity index is 769. The predicted molar refractivity (Wildman–Crippen MR) is 91.5 cm³/mol. The van der Waals surface area contributed by atoms with Gasteiger partial charge in [0.2, 0.25) is 11.8 Å². The molecule has 0 aromatic carbocycles. The molecule has 1 aromatic heterocycles. The van der Waals surface area contributed by atoms with Crippen LogP contribution >= 0.6 is 0 Å². The van der Waals surface area contributed by atoms with Gasteiger partial charge in [-0.1, -0.05) is 0 Å². The zero-order valence-electron chi connectivity index (χ0n) is 14.8. The molecule has 1 aromatic rings. The molecule has 0 saturated heterocycles. The second-order valence-corrected chi connectivity index (χ2v) is 7.14. The molecule has 2 amide bonds. The molecule has 26 heavy (non-hydrogen) atoms. The van der Waals surface area contributed by atoms with Crippen LogP contribution in [0, 0.1) is 5.92 Å². The number of aliphatic carboxylic acids is 1. The van der Waals surface area contributed by atoms with Crippen LogP contribution in [-0.2, 0) is 32.1 Å². The first-order valence-corrected chi connectivity index (χ1v) is 8.78. The minimum Gasteiger partial charge on any atom is -0.481 e. The second kappa shape index (κ2) is 6.93. The van der Waals surface area contributed by atoms with E-state index in [1.54, 1.807) is 6.92 Å². The summed E-state index contributed by atoms with van der Waals surface area (Å²) in [6.45, 7) is 3.18. The summed E-state index contributed by atoms with van der Waals surface area (Å²) in [5.41, 5.74) is 1.86. The number of carbonyl (C=O) groups excluding carboxylic acids is 3. The van der Waals surface area contributed by atoms with Gasteiger partial charge in [-0.05, 0) is 31.4 Å². The van der Waals surface area contributed by atoms with Crippen molar-refractivity contribution in [2.24, 2.45) is 5.92 Å². The van der Waals surface area contributed by atoms with E-state index in [1.165, 1.54) is 6.92 Å². The number of carboxylic acid groups (broad SMARTS) is 1. The van der Waals surface area contributed by atoms with Gasteiger partial charge in [0.15, 0.2) is 0 Å². The normalized spacial score (nSPS) is 25.6. The van der Waals surface area contributed by atoms with Crippen LogP contribution in [0.5, 0.6) is 0 Å². The quantitative estimate of drug-likeness (QED) is 0.708. The molecule has 8 nitrogen and oxygen atoms in total. The van der Waals surface area contributed by atoms with Crippen LogP contribution in [0.25, 0.3) is 0 Å². The van der Waals surface area contributed by atoms with Crippen molar-refractivity contribution in [3.8, 4) is 0 Å². The molecule has 1 aliphatic carbocycles. The third kappa shape index (κ3) is 3.36. The number of rotatable bonds is 4. The van der Waals surface area contributed by atoms with E-state index >= 15 is 0 Å². The Morgan fingerprint density at radius 3 is 2.73 bits per heavy atom. The highest BCUT2D eigenvalue weighted by Crippen LogP contribution is 2.37. The highest BCUT2D eigenvalue weighted by molar-refractivity contribution is 5.92. The van der Waals surface area contributed by atoms with Gasteiger partial charge in [0.25, 0.3) is 0 Å². The number of hydrogen-bond donors (Lipinski definition) is 3. The molecule has 0 fully saturated rings. The molecule has 3 rings (SSSR count). The van der Waals surface area contributed by atoms with Crippen molar-refractivity contribution < 1.29 is 24.3 Å². The predicted octanol–water partition coefficient (Wildman–Crippen LogP) is 0.201. The molecule has 1 aliphatic heterocycles. The summed E-state index contributed by atoms with van der Waals surface area (Å²) in [7, 11) is 0. The van der Waals surface area contributed by atoms with E-state index in [4.69, 9.17) is 0 Å². The standard InChI is InChI=1S/C18H23N3O5/c1-9(19-10(2)22)17(24)20-13-4-3-11-5-6-21-8-12(18(25)26)7-14(23)15(13)16(11)21/h5-6,9,12-13,15H,3-4,7-8H2,1-2H3,(H,19,22)(H,20,24)(H,25,26)/t9?,12-,13-,15?/m0/s1. The van der Waals surface area contributed by atoms with Gasteiger partial charge in [-0.15, -0.1) is 0 Å². The number of Topliss-reactive ketones (excluding diaryl/α,β-unsaturated/α-hetero) is 1. The molecule has 2 heterocycles. The van der Waals surface area contributed by atoms with Crippen molar-refractivity contribution in [1.29, 1.82) is 0 Å². The summed E-state index contributed by atoms with van der Waals surface area (Å²) in [4.78, 5) is 47.8. The third-order valence-electron chi connectivity index (χ3n) is 5.22. The van der Waals surface area contributed by atoms with Crippen LogP contribution in [0.3, 0.4) is 0 Å². The number of nitrogens with one attached hydrogen (secondary N) is 2. The fourth-order valence-electron chi connectivity index (χ4n) is 4.00. The Hall–Kier alpha value is -2.64. The zero-order valence-corrected chi connectivity index (χ0v) is 14.8. The molecule has 140 valence electrons. The van der Waals surface area contributed by atoms with Gasteiger partial charge in [-0.2, -0.15) is 0 Å². The molecule has 0 radical (unpaired) electrons. The minimum atomic E-state index is -0.987. The lowest BCUT2D eigenvalue weighted by Crippen LogP contribution is -2.51. The Labute approximate surface area is 150 Å². The molecule has 3 N–H and O–H groups in total. The molecule has 4 atom stereocenters. The molecule has 0 spiro atoms. The van der Waals surface area contributed by atoms with Crippen molar-refractivity contribution in [1.82, 2.24) is 15.2 Å². The lowest BCUT2D eigenvalue weighted by Gasteiger charge is -2.32. The van der Waals surface area contributed by atoms with Crippen LogP contribution in [0.4, 0.5) is 0 Å². The lowest BCUT2D eigenvalue weighted by atomic mass is 9.79. The van der Waals surface area contributed by atoms with E-state index in [9.17, 15) is 24.3 Å². The number of carboxylic acids is 1. The van der Waals surface area contributed by atoms with Crippen molar-refractivity contribution in [3.05, 3.63) is 23.5 Å². The number of ketones is 1. The van der Waals surface area contributed by atoms with Gasteiger partial charge in [0.05, 0.1) is 11.8 Å². The van der Waals surface area contributed by atoms with Crippen LogP contribution in [-0.4, -0.2) is 45.3 Å². The third-order valence-corrected chi connectivity index (χ3v) is 5.22. The number of hydrogen-bond acceptors (Lipinski definition) is 4. The fourth-order valence-corrected chi connectivity index (χ4v) is 4.00. The van der Waals surface area contributed by atoms with E-state index in [1.807, 2.05) is 16.8 Å². The summed E-state index contributed by atoms with van der Waals surface area (Å²) in [6.07, 6.45) is 3.10. The monoisotopic (exact) mass is 361 g/mol. The first kappa shape index (κ1) is 18.2. The van der Waals surface area contributed by atoms with Crippen molar-refractivity contribution in [2.45, 2.75) is 57.7 Å². The second-order valence-electron chi connectivity index (χ2n) is 7.14. The number of carbonyl (C=O) groups is 4. The SMILES string of the molecule is CC(=O)NC(C)C(=O)N[C@H]1CCc2ccn3c2C1C(=O)C[C@H](C(=O)O)C3. The highest BCUT2D eigenvalue weighted by Gasteiger charge is 2.42. The highest BCUT2D eigenvalue weighted by atomic mass is 16.4. The summed E-state index contributed by atoms with van der Waals surface area (Å²) in [6, 6.07) is 0.825. The van der Waals surface area contributed by atoms with E-state index in [2.05, 4.69) is 10.6 Å². The summed E-state index contributed by atoms with van der Waals surface area (Å²) in [5, 5.41) is 14.8. The van der Waals surface area contributed by atoms with Crippen molar-refractivity contribution in [3.63, 3.8) is 0 Å². The van der Waals surface area contributed by atoms with Gasteiger partial charge < -0.3 is 20.3 Å².